The molecule has 0 heterocycles. The van der Waals surface area contributed by atoms with Crippen molar-refractivity contribution in [1.82, 2.24) is 5.32 Å². The zero-order valence-electron chi connectivity index (χ0n) is 11.9. The molecule has 0 aliphatic heterocycles. The second kappa shape index (κ2) is 7.00. The molecule has 2 rings (SSSR count). The average Bonchev–Trinajstić information content (AvgIpc) is 2.49. The molecular formula is C16H16F2N2O2. The Kier molecular flexibility index (Phi) is 5.06. The summed E-state index contributed by atoms with van der Waals surface area (Å²) in [5, 5.41) is 14.4. The van der Waals surface area contributed by atoms with Crippen LogP contribution >= 0.6 is 0 Å². The number of carbonyl (C=O) groups excluding carboxylic acids is 1. The summed E-state index contributed by atoms with van der Waals surface area (Å²) in [5.41, 5.74) is 1.17. The minimum Gasteiger partial charge on any atom is -0.387 e. The quantitative estimate of drug-likeness (QED) is 0.812. The van der Waals surface area contributed by atoms with Crippen LogP contribution in [0.5, 0.6) is 0 Å². The summed E-state index contributed by atoms with van der Waals surface area (Å²) in [6.07, 6.45) is -0.906. The van der Waals surface area contributed by atoms with Crippen molar-refractivity contribution in [1.29, 1.82) is 0 Å². The Morgan fingerprint density at radius 2 is 1.73 bits per heavy atom. The van der Waals surface area contributed by atoms with Crippen LogP contribution < -0.4 is 10.6 Å². The molecule has 0 aliphatic carbocycles. The van der Waals surface area contributed by atoms with E-state index in [9.17, 15) is 18.7 Å². The molecule has 0 spiro atoms. The van der Waals surface area contributed by atoms with Gasteiger partial charge in [-0.2, -0.15) is 0 Å². The molecule has 0 radical (unpaired) electrons. The Labute approximate surface area is 126 Å². The van der Waals surface area contributed by atoms with Crippen LogP contribution in [0.3, 0.4) is 0 Å². The SMILES string of the molecule is Cc1ccc([C@H](O)CNC(=O)Nc2c(F)cccc2F)cc1. The fraction of sp³-hybridized carbons (Fsp3) is 0.188. The number of urea groups is 1. The maximum atomic E-state index is 13.4. The highest BCUT2D eigenvalue weighted by Crippen LogP contribution is 2.18. The predicted molar refractivity (Wildman–Crippen MR) is 79.5 cm³/mol. The van der Waals surface area contributed by atoms with Crippen LogP contribution in [0.2, 0.25) is 0 Å². The van der Waals surface area contributed by atoms with E-state index in [2.05, 4.69) is 10.6 Å². The number of amides is 2. The van der Waals surface area contributed by atoms with Crippen molar-refractivity contribution in [3.63, 3.8) is 0 Å². The normalized spacial score (nSPS) is 11.8. The van der Waals surface area contributed by atoms with Crippen molar-refractivity contribution in [2.45, 2.75) is 13.0 Å². The van der Waals surface area contributed by atoms with Crippen molar-refractivity contribution in [3.8, 4) is 0 Å². The van der Waals surface area contributed by atoms with Crippen LogP contribution in [0.1, 0.15) is 17.2 Å². The number of aliphatic hydroxyl groups is 1. The fourth-order valence-electron chi connectivity index (χ4n) is 1.87. The smallest absolute Gasteiger partial charge is 0.319 e. The van der Waals surface area contributed by atoms with Crippen LogP contribution in [0.4, 0.5) is 19.3 Å². The molecule has 0 fully saturated rings. The first-order valence-electron chi connectivity index (χ1n) is 6.71. The molecule has 0 saturated carbocycles. The lowest BCUT2D eigenvalue weighted by molar-refractivity contribution is 0.175. The van der Waals surface area contributed by atoms with Crippen molar-refractivity contribution < 1.29 is 18.7 Å². The topological polar surface area (TPSA) is 61.4 Å². The molecular weight excluding hydrogens is 290 g/mol. The van der Waals surface area contributed by atoms with Crippen LogP contribution in [-0.2, 0) is 0 Å². The van der Waals surface area contributed by atoms with E-state index in [4.69, 9.17) is 0 Å². The van der Waals surface area contributed by atoms with E-state index in [0.717, 1.165) is 17.7 Å². The van der Waals surface area contributed by atoms with Gasteiger partial charge >= 0.3 is 6.03 Å². The number of nitrogens with one attached hydrogen (secondary N) is 2. The van der Waals surface area contributed by atoms with Crippen molar-refractivity contribution in [2.75, 3.05) is 11.9 Å². The maximum Gasteiger partial charge on any atom is 0.319 e. The third kappa shape index (κ3) is 4.02. The molecule has 3 N–H and O–H groups in total. The highest BCUT2D eigenvalue weighted by atomic mass is 19.1. The zero-order chi connectivity index (χ0) is 16.1. The second-order valence-electron chi connectivity index (χ2n) is 4.86. The summed E-state index contributed by atoms with van der Waals surface area (Å²) >= 11 is 0. The average molecular weight is 306 g/mol. The minimum atomic E-state index is -0.906. The number of halogens is 2. The lowest BCUT2D eigenvalue weighted by atomic mass is 10.1. The molecule has 0 aromatic heterocycles. The van der Waals surface area contributed by atoms with E-state index in [-0.39, 0.29) is 6.54 Å². The number of rotatable bonds is 4. The van der Waals surface area contributed by atoms with Gasteiger partial charge in [0.1, 0.15) is 17.3 Å². The van der Waals surface area contributed by atoms with Gasteiger partial charge in [-0.3, -0.25) is 0 Å². The third-order valence-corrected chi connectivity index (χ3v) is 3.12. The number of hydrogen-bond donors (Lipinski definition) is 3. The molecule has 2 amide bonds. The summed E-state index contributed by atoms with van der Waals surface area (Å²) in [5.74, 6) is -1.73. The second-order valence-corrected chi connectivity index (χ2v) is 4.86. The van der Waals surface area contributed by atoms with Gasteiger partial charge in [-0.25, -0.2) is 13.6 Å². The van der Waals surface area contributed by atoms with Gasteiger partial charge in [0.25, 0.3) is 0 Å². The van der Waals surface area contributed by atoms with Gasteiger partial charge in [-0.15, -0.1) is 0 Å². The Hall–Kier alpha value is -2.47. The molecule has 2 aromatic rings. The monoisotopic (exact) mass is 306 g/mol. The summed E-state index contributed by atoms with van der Waals surface area (Å²) in [6, 6.07) is 9.66. The molecule has 0 bridgehead atoms. The first-order valence-corrected chi connectivity index (χ1v) is 6.71. The van der Waals surface area contributed by atoms with E-state index in [0.29, 0.717) is 5.56 Å². The zero-order valence-corrected chi connectivity index (χ0v) is 11.9. The van der Waals surface area contributed by atoms with Crippen LogP contribution in [-0.4, -0.2) is 17.7 Å². The molecule has 0 unspecified atom stereocenters. The molecule has 22 heavy (non-hydrogen) atoms. The Morgan fingerprint density at radius 1 is 1.14 bits per heavy atom. The first kappa shape index (κ1) is 15.9. The molecule has 0 aliphatic rings. The lowest BCUT2D eigenvalue weighted by Gasteiger charge is -2.13. The van der Waals surface area contributed by atoms with E-state index < -0.39 is 29.5 Å². The van der Waals surface area contributed by atoms with Gasteiger partial charge in [0, 0.05) is 6.54 Å². The van der Waals surface area contributed by atoms with Crippen molar-refractivity contribution in [3.05, 3.63) is 65.2 Å². The standard InChI is InChI=1S/C16H16F2N2O2/c1-10-5-7-11(8-6-10)14(21)9-19-16(22)20-15-12(17)3-2-4-13(15)18/h2-8,14,21H,9H2,1H3,(H2,19,20,22)/t14-/m1/s1. The molecule has 116 valence electrons. The lowest BCUT2D eigenvalue weighted by Crippen LogP contribution is -2.33. The Morgan fingerprint density at radius 3 is 2.32 bits per heavy atom. The fourth-order valence-corrected chi connectivity index (χ4v) is 1.87. The molecule has 4 nitrogen and oxygen atoms in total. The van der Waals surface area contributed by atoms with Crippen LogP contribution in [0.25, 0.3) is 0 Å². The summed E-state index contributed by atoms with van der Waals surface area (Å²) in [7, 11) is 0. The van der Waals surface area contributed by atoms with Gasteiger partial charge in [0.2, 0.25) is 0 Å². The number of hydrogen-bond acceptors (Lipinski definition) is 2. The van der Waals surface area contributed by atoms with E-state index in [1.165, 1.54) is 6.07 Å². The van der Waals surface area contributed by atoms with Crippen molar-refractivity contribution >= 4 is 11.7 Å². The first-order chi connectivity index (χ1) is 10.5. The Bertz CT molecular complexity index is 639. The van der Waals surface area contributed by atoms with Gasteiger partial charge in [-0.05, 0) is 24.6 Å². The van der Waals surface area contributed by atoms with Gasteiger partial charge in [0.05, 0.1) is 6.10 Å². The molecule has 0 saturated heterocycles. The van der Waals surface area contributed by atoms with E-state index in [1.807, 2.05) is 19.1 Å². The number of anilines is 1. The van der Waals surface area contributed by atoms with E-state index >= 15 is 0 Å². The Balaban J connectivity index is 1.91. The van der Waals surface area contributed by atoms with Gasteiger partial charge in [-0.1, -0.05) is 35.9 Å². The third-order valence-electron chi connectivity index (χ3n) is 3.12. The van der Waals surface area contributed by atoms with Crippen molar-refractivity contribution in [2.24, 2.45) is 0 Å². The number of aryl methyl sites for hydroxylation is 1. The predicted octanol–water partition coefficient (Wildman–Crippen LogP) is 3.13. The minimum absolute atomic E-state index is 0.0784. The highest BCUT2D eigenvalue weighted by molar-refractivity contribution is 5.89. The van der Waals surface area contributed by atoms with Crippen LogP contribution in [0, 0.1) is 18.6 Å². The molecule has 2 aromatic carbocycles. The highest BCUT2D eigenvalue weighted by Gasteiger charge is 2.13. The van der Waals surface area contributed by atoms with Gasteiger partial charge < -0.3 is 15.7 Å². The largest absolute Gasteiger partial charge is 0.387 e. The summed E-state index contributed by atoms with van der Waals surface area (Å²) in [4.78, 5) is 11.6. The molecule has 1 atom stereocenters. The summed E-state index contributed by atoms with van der Waals surface area (Å²) in [6.45, 7) is 1.84. The maximum absolute atomic E-state index is 13.4. The number of benzene rings is 2. The number of carbonyl (C=O) groups is 1. The van der Waals surface area contributed by atoms with E-state index in [1.54, 1.807) is 12.1 Å². The van der Waals surface area contributed by atoms with Crippen LogP contribution in [0.15, 0.2) is 42.5 Å². The molecule has 6 heteroatoms. The summed E-state index contributed by atoms with van der Waals surface area (Å²) < 4.78 is 26.8. The van der Waals surface area contributed by atoms with Gasteiger partial charge in [0.15, 0.2) is 0 Å². The number of para-hydroxylation sites is 1. The number of aliphatic hydroxyl groups excluding tert-OH is 1.